The first-order valence-corrected chi connectivity index (χ1v) is 9.57. The Labute approximate surface area is 162 Å². The lowest BCUT2D eigenvalue weighted by Gasteiger charge is -2.29. The Morgan fingerprint density at radius 2 is 1.71 bits per heavy atom. The molecule has 1 fully saturated rings. The van der Waals surface area contributed by atoms with Crippen molar-refractivity contribution in [1.29, 1.82) is 0 Å². The first-order chi connectivity index (χ1) is 13.8. The summed E-state index contributed by atoms with van der Waals surface area (Å²) < 4.78 is 11.5. The maximum Gasteiger partial charge on any atom is 0.314 e. The molecule has 1 saturated heterocycles. The van der Waals surface area contributed by atoms with Crippen LogP contribution in [0.3, 0.4) is 0 Å². The Hall–Kier alpha value is -3.34. The molecule has 28 heavy (non-hydrogen) atoms. The number of esters is 1. The molecule has 0 amide bonds. The monoisotopic (exact) mass is 372 g/mol. The summed E-state index contributed by atoms with van der Waals surface area (Å²) >= 11 is 0. The van der Waals surface area contributed by atoms with Gasteiger partial charge in [0.05, 0.1) is 5.92 Å². The maximum atomic E-state index is 12.6. The summed E-state index contributed by atoms with van der Waals surface area (Å²) in [6.07, 6.45) is 1.45. The van der Waals surface area contributed by atoms with E-state index in [1.807, 2.05) is 66.7 Å². The molecule has 1 aliphatic heterocycles. The van der Waals surface area contributed by atoms with Crippen LogP contribution < -0.4 is 9.64 Å². The van der Waals surface area contributed by atoms with E-state index in [1.165, 1.54) is 0 Å². The zero-order valence-corrected chi connectivity index (χ0v) is 15.4. The van der Waals surface area contributed by atoms with Crippen molar-refractivity contribution in [2.24, 2.45) is 5.92 Å². The molecule has 5 rings (SSSR count). The van der Waals surface area contributed by atoms with Gasteiger partial charge in [-0.1, -0.05) is 42.5 Å². The number of nitrogens with zero attached hydrogens (tertiary/aromatic N) is 2. The molecule has 1 aromatic heterocycles. The van der Waals surface area contributed by atoms with E-state index in [9.17, 15) is 4.79 Å². The molecule has 0 N–H and O–H groups in total. The van der Waals surface area contributed by atoms with E-state index in [-0.39, 0.29) is 11.9 Å². The lowest BCUT2D eigenvalue weighted by Crippen LogP contribution is -2.37. The molecule has 0 saturated carbocycles. The summed E-state index contributed by atoms with van der Waals surface area (Å²) in [6.45, 7) is 1.45. The topological polar surface area (TPSA) is 55.6 Å². The number of hydrogen-bond acceptors (Lipinski definition) is 5. The summed E-state index contributed by atoms with van der Waals surface area (Å²) in [7, 11) is 0. The lowest BCUT2D eigenvalue weighted by atomic mass is 9.97. The van der Waals surface area contributed by atoms with Gasteiger partial charge in [0.1, 0.15) is 11.3 Å². The van der Waals surface area contributed by atoms with Crippen molar-refractivity contribution in [2.75, 3.05) is 18.0 Å². The number of anilines is 1. The van der Waals surface area contributed by atoms with Crippen LogP contribution in [0.2, 0.25) is 0 Å². The number of piperidine rings is 1. The van der Waals surface area contributed by atoms with E-state index >= 15 is 0 Å². The lowest BCUT2D eigenvalue weighted by molar-refractivity contribution is -0.139. The minimum absolute atomic E-state index is 0.105. The van der Waals surface area contributed by atoms with Crippen molar-refractivity contribution in [3.63, 3.8) is 0 Å². The van der Waals surface area contributed by atoms with E-state index < -0.39 is 0 Å². The molecule has 3 aromatic carbocycles. The van der Waals surface area contributed by atoms with Crippen LogP contribution in [0, 0.1) is 5.92 Å². The number of ether oxygens (including phenoxy) is 1. The number of carbonyl (C=O) groups excluding carboxylic acids is 1. The summed E-state index contributed by atoms with van der Waals surface area (Å²) in [6, 6.07) is 22.2. The number of carbonyl (C=O) groups is 1. The third-order valence-corrected chi connectivity index (χ3v) is 5.32. The molecule has 1 aliphatic rings. The standard InChI is InChI=1S/C23H20N2O3/c26-22(27-19-10-9-16-5-1-2-6-18(16)15-19)17-11-13-25(14-12-17)23-24-20-7-3-4-8-21(20)28-23/h1-10,15,17H,11-14H2. The fourth-order valence-electron chi connectivity index (χ4n) is 3.73. The summed E-state index contributed by atoms with van der Waals surface area (Å²) in [5.41, 5.74) is 1.64. The maximum absolute atomic E-state index is 12.6. The van der Waals surface area contributed by atoms with Crippen molar-refractivity contribution in [2.45, 2.75) is 12.8 Å². The molecule has 0 atom stereocenters. The normalized spacial score (nSPS) is 15.2. The van der Waals surface area contributed by atoms with Crippen LogP contribution in [0.4, 0.5) is 6.01 Å². The SMILES string of the molecule is O=C(Oc1ccc2ccccc2c1)C1CCN(c2nc3ccccc3o2)CC1. The average molecular weight is 372 g/mol. The molecule has 0 bridgehead atoms. The summed E-state index contributed by atoms with van der Waals surface area (Å²) in [4.78, 5) is 19.3. The number of aromatic nitrogens is 1. The molecule has 2 heterocycles. The second kappa shape index (κ2) is 7.00. The Kier molecular flexibility index (Phi) is 4.20. The highest BCUT2D eigenvalue weighted by molar-refractivity contribution is 5.85. The predicted octanol–water partition coefficient (Wildman–Crippen LogP) is 4.80. The molecule has 0 radical (unpaired) electrons. The molecular formula is C23H20N2O3. The van der Waals surface area contributed by atoms with Crippen LogP contribution in [0.5, 0.6) is 5.75 Å². The van der Waals surface area contributed by atoms with Gasteiger partial charge < -0.3 is 14.1 Å². The van der Waals surface area contributed by atoms with Gasteiger partial charge in [0.25, 0.3) is 6.01 Å². The van der Waals surface area contributed by atoms with Crippen molar-refractivity contribution >= 4 is 33.9 Å². The minimum atomic E-state index is -0.160. The number of rotatable bonds is 3. The number of hydrogen-bond donors (Lipinski definition) is 0. The van der Waals surface area contributed by atoms with Crippen molar-refractivity contribution in [3.05, 3.63) is 66.7 Å². The third-order valence-electron chi connectivity index (χ3n) is 5.32. The van der Waals surface area contributed by atoms with Gasteiger partial charge >= 0.3 is 5.97 Å². The van der Waals surface area contributed by atoms with Crippen LogP contribution in [-0.4, -0.2) is 24.0 Å². The van der Waals surface area contributed by atoms with Gasteiger partial charge in [-0.25, -0.2) is 0 Å². The molecule has 4 aromatic rings. The third kappa shape index (κ3) is 3.20. The number of oxazole rings is 1. The van der Waals surface area contributed by atoms with Crippen LogP contribution >= 0.6 is 0 Å². The van der Waals surface area contributed by atoms with E-state index in [2.05, 4.69) is 9.88 Å². The molecule has 0 aliphatic carbocycles. The van der Waals surface area contributed by atoms with E-state index in [4.69, 9.17) is 9.15 Å². The minimum Gasteiger partial charge on any atom is -0.426 e. The highest BCUT2D eigenvalue weighted by atomic mass is 16.5. The quantitative estimate of drug-likeness (QED) is 0.382. The predicted molar refractivity (Wildman–Crippen MR) is 109 cm³/mol. The summed E-state index contributed by atoms with van der Waals surface area (Å²) in [5.74, 6) is 0.338. The van der Waals surface area contributed by atoms with E-state index in [0.29, 0.717) is 11.8 Å². The Balaban J connectivity index is 1.23. The smallest absolute Gasteiger partial charge is 0.314 e. The molecule has 140 valence electrons. The molecule has 5 heteroatoms. The first kappa shape index (κ1) is 16.8. The van der Waals surface area contributed by atoms with Gasteiger partial charge in [0.2, 0.25) is 0 Å². The fraction of sp³-hybridized carbons (Fsp3) is 0.217. The molecule has 0 unspecified atom stereocenters. The van der Waals surface area contributed by atoms with Gasteiger partial charge in [-0.3, -0.25) is 4.79 Å². The number of benzene rings is 3. The van der Waals surface area contributed by atoms with Crippen LogP contribution in [-0.2, 0) is 4.79 Å². The second-order valence-corrected chi connectivity index (χ2v) is 7.16. The van der Waals surface area contributed by atoms with Crippen LogP contribution in [0.1, 0.15) is 12.8 Å². The molecule has 5 nitrogen and oxygen atoms in total. The van der Waals surface area contributed by atoms with E-state index in [0.717, 1.165) is 47.8 Å². The first-order valence-electron chi connectivity index (χ1n) is 9.57. The van der Waals surface area contributed by atoms with Crippen molar-refractivity contribution in [3.8, 4) is 5.75 Å². The Bertz CT molecular complexity index is 1110. The Morgan fingerprint density at radius 3 is 2.54 bits per heavy atom. The van der Waals surface area contributed by atoms with Gasteiger partial charge in [-0.05, 0) is 47.9 Å². The largest absolute Gasteiger partial charge is 0.426 e. The van der Waals surface area contributed by atoms with Gasteiger partial charge in [0, 0.05) is 13.1 Å². The van der Waals surface area contributed by atoms with Crippen LogP contribution in [0.25, 0.3) is 21.9 Å². The van der Waals surface area contributed by atoms with Crippen LogP contribution in [0.15, 0.2) is 71.1 Å². The fourth-order valence-corrected chi connectivity index (χ4v) is 3.73. The van der Waals surface area contributed by atoms with Gasteiger partial charge in [-0.2, -0.15) is 4.98 Å². The highest BCUT2D eigenvalue weighted by Crippen LogP contribution is 2.28. The number of fused-ring (bicyclic) bond motifs is 2. The molecule has 0 spiro atoms. The zero-order chi connectivity index (χ0) is 18.9. The van der Waals surface area contributed by atoms with Crippen molar-refractivity contribution < 1.29 is 13.9 Å². The average Bonchev–Trinajstić information content (AvgIpc) is 3.18. The van der Waals surface area contributed by atoms with Gasteiger partial charge in [0.15, 0.2) is 5.58 Å². The van der Waals surface area contributed by atoms with Gasteiger partial charge in [-0.15, -0.1) is 0 Å². The van der Waals surface area contributed by atoms with Crippen molar-refractivity contribution in [1.82, 2.24) is 4.98 Å². The summed E-state index contributed by atoms with van der Waals surface area (Å²) in [5, 5.41) is 2.20. The zero-order valence-electron chi connectivity index (χ0n) is 15.4. The molecular weight excluding hydrogens is 352 g/mol. The number of para-hydroxylation sites is 2. The van der Waals surface area contributed by atoms with E-state index in [1.54, 1.807) is 0 Å². The Morgan fingerprint density at radius 1 is 0.964 bits per heavy atom. The highest BCUT2D eigenvalue weighted by Gasteiger charge is 2.28. The second-order valence-electron chi connectivity index (χ2n) is 7.16.